The lowest BCUT2D eigenvalue weighted by Gasteiger charge is -2.35. The third kappa shape index (κ3) is 24.8. The van der Waals surface area contributed by atoms with Gasteiger partial charge in [0.15, 0.2) is 0 Å². The predicted molar refractivity (Wildman–Crippen MR) is 402 cm³/mol. The summed E-state index contributed by atoms with van der Waals surface area (Å²) in [6, 6.07) is 32.6. The van der Waals surface area contributed by atoms with Crippen molar-refractivity contribution in [3.8, 4) is 34.5 Å². The number of rotatable bonds is 19. The minimum Gasteiger partial charge on any atom is -0.495 e. The minimum absolute atomic E-state index is 0.0112. The summed E-state index contributed by atoms with van der Waals surface area (Å²) in [6.45, 7) is 4.58. The van der Waals surface area contributed by atoms with Gasteiger partial charge in [-0.05, 0) is 217 Å². The van der Waals surface area contributed by atoms with Crippen molar-refractivity contribution in [1.82, 2.24) is 60.0 Å². The van der Waals surface area contributed by atoms with E-state index in [1.54, 1.807) is 140 Å². The fourth-order valence-corrected chi connectivity index (χ4v) is 11.4. The number of nitrogens with zero attached hydrogens (tertiary/aromatic N) is 12. The van der Waals surface area contributed by atoms with Gasteiger partial charge in [-0.3, -0.25) is 0 Å². The average Bonchev–Trinajstić information content (AvgIpc) is 0.898. The zero-order valence-electron chi connectivity index (χ0n) is 55.5. The lowest BCUT2D eigenvalue weighted by molar-refractivity contribution is 0.240. The Labute approximate surface area is 620 Å². The highest BCUT2D eigenvalue weighted by atomic mass is 35.5. The van der Waals surface area contributed by atoms with Gasteiger partial charge in [0.2, 0.25) is 51.5 Å². The largest absolute Gasteiger partial charge is 0.495 e. The summed E-state index contributed by atoms with van der Waals surface area (Å²) in [4.78, 5) is 44.6. The molecule has 0 spiro atoms. The lowest BCUT2D eigenvalue weighted by Crippen LogP contribution is -2.42. The van der Waals surface area contributed by atoms with Crippen LogP contribution in [0.2, 0.25) is 46.0 Å². The number of likely N-dealkylation sites (tertiary alicyclic amines) is 2. The smallest absolute Gasteiger partial charge is 0.233 e. The second kappa shape index (κ2) is 39.3. The second-order valence-corrected chi connectivity index (χ2v) is 25.0. The van der Waals surface area contributed by atoms with E-state index in [2.05, 4.69) is 103 Å². The fourth-order valence-electron chi connectivity index (χ4n) is 9.37. The number of piperidine rings is 2. The molecule has 0 atom stereocenters. The zero-order chi connectivity index (χ0) is 71.7. The Morgan fingerprint density at radius 2 is 0.636 bits per heavy atom. The lowest BCUT2D eigenvalue weighted by atomic mass is 10.0. The molecule has 5 heterocycles. The van der Waals surface area contributed by atoms with Crippen LogP contribution < -0.4 is 71.0 Å². The Morgan fingerprint density at radius 1 is 0.374 bits per heavy atom. The van der Waals surface area contributed by atoms with Gasteiger partial charge in [-0.25, -0.2) is 0 Å². The van der Waals surface area contributed by atoms with Gasteiger partial charge < -0.3 is 80.8 Å². The second-order valence-electron chi connectivity index (χ2n) is 21.5. The van der Waals surface area contributed by atoms with Crippen LogP contribution in [-0.4, -0.2) is 164 Å². The summed E-state index contributed by atoms with van der Waals surface area (Å²) in [7, 11) is 17.8. The first-order valence-electron chi connectivity index (χ1n) is 30.1. The first-order valence-corrected chi connectivity index (χ1v) is 33.5. The van der Waals surface area contributed by atoms with Crippen LogP contribution in [0.5, 0.6) is 34.5 Å². The summed E-state index contributed by atoms with van der Waals surface area (Å²) in [6.07, 6.45) is 4.69. The zero-order valence-corrected chi connectivity index (χ0v) is 62.3. The molecule has 8 N–H and O–H groups in total. The Kier molecular flexibility index (Phi) is 31.2. The molecule has 2 aliphatic rings. The molecule has 99 heavy (non-hydrogen) atoms. The fraction of sp³-hybridized carbons (Fsp3) is 0.308. The molecule has 34 heteroatoms. The van der Waals surface area contributed by atoms with Gasteiger partial charge in [-0.15, -0.1) is 0 Å². The molecule has 2 fully saturated rings. The Balaban J connectivity index is 0.000000189. The molecule has 6 aromatic carbocycles. The third-order valence-corrected chi connectivity index (χ3v) is 17.0. The quantitative estimate of drug-likeness (QED) is 0.0371. The van der Waals surface area contributed by atoms with Crippen molar-refractivity contribution in [2.45, 2.75) is 37.8 Å². The van der Waals surface area contributed by atoms with Crippen LogP contribution in [0.15, 0.2) is 109 Å². The summed E-state index contributed by atoms with van der Waals surface area (Å²) in [5.41, 5.74) is 9.56. The van der Waals surface area contributed by atoms with Crippen molar-refractivity contribution in [3.05, 3.63) is 155 Å². The van der Waals surface area contributed by atoms with E-state index >= 15 is 0 Å². The molecule has 3 aromatic heterocycles. The molecular formula is C65H74Cl9N19O6. The molecule has 0 bridgehead atoms. The van der Waals surface area contributed by atoms with Gasteiger partial charge in [0.05, 0.1) is 72.8 Å². The number of nitrogens with two attached hydrogens (primary N) is 1. The van der Waals surface area contributed by atoms with Crippen molar-refractivity contribution < 1.29 is 28.4 Å². The Bertz CT molecular complexity index is 3920. The van der Waals surface area contributed by atoms with Crippen molar-refractivity contribution in [2.24, 2.45) is 0 Å². The van der Waals surface area contributed by atoms with Gasteiger partial charge in [0.1, 0.15) is 34.5 Å². The van der Waals surface area contributed by atoms with Crippen molar-refractivity contribution >= 4 is 174 Å². The van der Waals surface area contributed by atoms with Crippen molar-refractivity contribution in [2.75, 3.05) is 134 Å². The number of hydrogen-bond acceptors (Lipinski definition) is 25. The van der Waals surface area contributed by atoms with Crippen LogP contribution in [0.4, 0.5) is 69.8 Å². The van der Waals surface area contributed by atoms with E-state index in [4.69, 9.17) is 149 Å². The first-order chi connectivity index (χ1) is 47.5. The Hall–Kier alpha value is -7.76. The first kappa shape index (κ1) is 78.6. The number of benzene rings is 6. The molecule has 11 rings (SSSR count). The van der Waals surface area contributed by atoms with E-state index in [9.17, 15) is 0 Å². The highest BCUT2D eigenvalue weighted by molar-refractivity contribution is 6.34. The van der Waals surface area contributed by atoms with Crippen LogP contribution in [0.3, 0.4) is 0 Å². The van der Waals surface area contributed by atoms with Crippen LogP contribution in [0.25, 0.3) is 0 Å². The molecule has 0 aliphatic carbocycles. The maximum atomic E-state index is 6.30. The molecule has 2 aliphatic heterocycles. The maximum absolute atomic E-state index is 6.30. The van der Waals surface area contributed by atoms with Crippen LogP contribution in [0, 0.1) is 0 Å². The molecule has 0 unspecified atom stereocenters. The maximum Gasteiger partial charge on any atom is 0.233 e. The average molecular weight is 1540 g/mol. The third-order valence-electron chi connectivity index (χ3n) is 14.7. The van der Waals surface area contributed by atoms with Crippen molar-refractivity contribution in [3.63, 3.8) is 0 Å². The molecule has 0 amide bonds. The van der Waals surface area contributed by atoms with Crippen LogP contribution >= 0.6 is 104 Å². The van der Waals surface area contributed by atoms with Crippen LogP contribution in [0.1, 0.15) is 25.7 Å². The van der Waals surface area contributed by atoms with E-state index in [1.165, 1.54) is 25.9 Å². The topological polar surface area (TPSA) is 279 Å². The predicted octanol–water partition coefficient (Wildman–Crippen LogP) is 16.4. The van der Waals surface area contributed by atoms with Gasteiger partial charge >= 0.3 is 0 Å². The molecular weight excluding hydrogens is 1460 g/mol. The van der Waals surface area contributed by atoms with Gasteiger partial charge in [0, 0.05) is 53.3 Å². The van der Waals surface area contributed by atoms with E-state index in [1.807, 2.05) is 19.2 Å². The summed E-state index contributed by atoms with van der Waals surface area (Å²) in [5.74, 6) is 5.62. The SMILES string of the molecule is CNC1CCN(C)CC1.COc1ccc(N)cc1Cl.COc1ccc(Nc2nc(Cl)nc(Cl)n2)cc1Cl.COc1ccc(Nc2nc(Cl)nc(Nc3ccc(OC)c(Cl)c3)n2)cc1Cl.COc1ccc(Nc2nc(Nc3ccc(OC)c(Cl)c3)nc(N(C)C3CCN(C)CC3)n2)cc1Cl. The van der Waals surface area contributed by atoms with E-state index in [0.29, 0.717) is 111 Å². The molecule has 528 valence electrons. The number of halogens is 9. The number of methoxy groups -OCH3 is 6. The number of anilines is 12. The minimum atomic E-state index is 0.0112. The number of nitrogens with one attached hydrogen (secondary N) is 6. The number of aromatic nitrogens is 9. The number of nitrogen functional groups attached to an aromatic ring is 1. The molecule has 9 aromatic rings. The normalized spacial score (nSPS) is 13.0. The summed E-state index contributed by atoms with van der Waals surface area (Å²) >= 11 is 53.9. The van der Waals surface area contributed by atoms with Crippen molar-refractivity contribution in [1.29, 1.82) is 0 Å². The van der Waals surface area contributed by atoms with Gasteiger partial charge in [0.25, 0.3) is 0 Å². The molecule has 0 radical (unpaired) electrons. The monoisotopic (exact) mass is 1530 g/mol. The highest BCUT2D eigenvalue weighted by Gasteiger charge is 2.24. The highest BCUT2D eigenvalue weighted by Crippen LogP contribution is 2.35. The number of hydrogen-bond donors (Lipinski definition) is 7. The van der Waals surface area contributed by atoms with Gasteiger partial charge in [-0.2, -0.15) is 44.9 Å². The number of ether oxygens (including phenoxy) is 6. The van der Waals surface area contributed by atoms with E-state index in [0.717, 1.165) is 43.3 Å². The summed E-state index contributed by atoms with van der Waals surface area (Å²) in [5, 5.41) is 21.6. The molecule has 0 saturated carbocycles. The molecule has 25 nitrogen and oxygen atoms in total. The van der Waals surface area contributed by atoms with Crippen LogP contribution in [-0.2, 0) is 0 Å². The van der Waals surface area contributed by atoms with Gasteiger partial charge in [-0.1, -0.05) is 69.6 Å². The Morgan fingerprint density at radius 3 is 0.919 bits per heavy atom. The van der Waals surface area contributed by atoms with E-state index in [-0.39, 0.29) is 33.7 Å². The summed E-state index contributed by atoms with van der Waals surface area (Å²) < 4.78 is 30.7. The van der Waals surface area contributed by atoms with E-state index < -0.39 is 0 Å². The standard InChI is InChI=1S/C24H29Cl2N7O2.C17H14Cl3N5O2.C10H7Cl3N4O.C7H8ClNO.C7H16N2/c1-32-11-9-17(10-12-32)33(2)24-30-22(27-15-5-7-20(34-3)18(25)13-15)29-23(31-24)28-16-6-8-21(35-4)19(26)14-16;1-26-13-5-3-9(7-11(13)18)21-16-23-15(20)24-17(25-16)22-10-4-6-14(27-2)12(19)8-10;1-18-7-3-2-5(4-6(7)11)14-10-16-8(12)15-9(13)17-10;1-10-7-3-2-5(9)4-6(7)8;1-8-7-3-5-9(2)6-4-7/h5-8,13-14,17H,9-12H2,1-4H3,(H2,27,28,29,30,31);3-8H,1-2H3,(H2,21,22,23,24,25);2-4H,1H3,(H,14,15,16,17);2-4H,9H2,1H3;7-8H,3-6H2,1-2H3. The molecule has 2 saturated heterocycles.